The minimum absolute atomic E-state index is 0.0224. The van der Waals surface area contributed by atoms with E-state index < -0.39 is 11.9 Å². The lowest BCUT2D eigenvalue weighted by Crippen LogP contribution is -2.03. The van der Waals surface area contributed by atoms with Crippen molar-refractivity contribution in [1.82, 2.24) is 0 Å². The smallest absolute Gasteiger partial charge is 0.147 e. The Kier molecular flexibility index (Phi) is 3.46. The maximum atomic E-state index is 13.7. The Hall–Kier alpha value is -1.38. The van der Waals surface area contributed by atoms with Gasteiger partial charge in [-0.2, -0.15) is 0 Å². The molecule has 2 aromatic carbocycles. The molecule has 0 fully saturated rings. The van der Waals surface area contributed by atoms with Crippen LogP contribution in [0.2, 0.25) is 5.02 Å². The second-order valence-electron chi connectivity index (χ2n) is 3.96. The summed E-state index contributed by atoms with van der Waals surface area (Å²) in [5.74, 6) is -0.567. The molecule has 2 aromatic rings. The van der Waals surface area contributed by atoms with Crippen molar-refractivity contribution in [3.8, 4) is 0 Å². The monoisotopic (exact) mass is 250 g/mol. The minimum atomic E-state index is -0.992. The van der Waals surface area contributed by atoms with Crippen molar-refractivity contribution < 1.29 is 9.50 Å². The van der Waals surface area contributed by atoms with Gasteiger partial charge in [0.15, 0.2) is 0 Å². The second-order valence-corrected chi connectivity index (χ2v) is 4.37. The van der Waals surface area contributed by atoms with Gasteiger partial charge >= 0.3 is 0 Å². The molecule has 0 saturated carbocycles. The Morgan fingerprint density at radius 2 is 1.88 bits per heavy atom. The Bertz CT molecular complexity index is 539. The molecule has 0 spiro atoms. The van der Waals surface area contributed by atoms with Gasteiger partial charge in [-0.25, -0.2) is 4.39 Å². The van der Waals surface area contributed by atoms with Crippen LogP contribution in [0.4, 0.5) is 4.39 Å². The van der Waals surface area contributed by atoms with E-state index in [2.05, 4.69) is 0 Å². The SMILES string of the molecule is Cc1cccc(C(O)c2cccc(Cl)c2F)c1. The molecule has 0 bridgehead atoms. The first-order valence-corrected chi connectivity index (χ1v) is 5.66. The van der Waals surface area contributed by atoms with Crippen LogP contribution in [0.1, 0.15) is 22.8 Å². The lowest BCUT2D eigenvalue weighted by Gasteiger charge is -2.13. The molecule has 1 unspecified atom stereocenters. The molecular formula is C14H12ClFO. The number of benzene rings is 2. The molecule has 0 amide bonds. The number of aliphatic hydroxyl groups is 1. The topological polar surface area (TPSA) is 20.2 Å². The Morgan fingerprint density at radius 3 is 2.59 bits per heavy atom. The van der Waals surface area contributed by atoms with Gasteiger partial charge in [0.1, 0.15) is 11.9 Å². The Balaban J connectivity index is 2.44. The van der Waals surface area contributed by atoms with E-state index >= 15 is 0 Å². The highest BCUT2D eigenvalue weighted by molar-refractivity contribution is 6.30. The van der Waals surface area contributed by atoms with E-state index in [1.165, 1.54) is 12.1 Å². The van der Waals surface area contributed by atoms with Gasteiger partial charge < -0.3 is 5.11 Å². The van der Waals surface area contributed by atoms with Gasteiger partial charge in [0.2, 0.25) is 0 Å². The number of aryl methyl sites for hydroxylation is 1. The van der Waals surface area contributed by atoms with Crippen LogP contribution >= 0.6 is 11.6 Å². The van der Waals surface area contributed by atoms with Crippen LogP contribution in [-0.4, -0.2) is 5.11 Å². The van der Waals surface area contributed by atoms with Crippen LogP contribution in [0.25, 0.3) is 0 Å². The lowest BCUT2D eigenvalue weighted by atomic mass is 10.00. The van der Waals surface area contributed by atoms with Crippen molar-refractivity contribution in [2.45, 2.75) is 13.0 Å². The van der Waals surface area contributed by atoms with E-state index in [1.807, 2.05) is 25.1 Å². The summed E-state index contributed by atoms with van der Waals surface area (Å²) in [7, 11) is 0. The van der Waals surface area contributed by atoms with Crippen molar-refractivity contribution in [2.24, 2.45) is 0 Å². The standard InChI is InChI=1S/C14H12ClFO/c1-9-4-2-5-10(8-9)14(17)11-6-3-7-12(15)13(11)16/h2-8,14,17H,1H3. The largest absolute Gasteiger partial charge is 0.384 e. The van der Waals surface area contributed by atoms with E-state index in [-0.39, 0.29) is 10.6 Å². The Labute approximate surface area is 104 Å². The molecule has 0 aliphatic heterocycles. The summed E-state index contributed by atoms with van der Waals surface area (Å²) in [6.07, 6.45) is -0.992. The molecule has 2 rings (SSSR count). The fourth-order valence-corrected chi connectivity index (χ4v) is 1.93. The number of hydrogen-bond acceptors (Lipinski definition) is 1. The van der Waals surface area contributed by atoms with Crippen LogP contribution in [0.15, 0.2) is 42.5 Å². The van der Waals surface area contributed by atoms with Crippen LogP contribution in [0.3, 0.4) is 0 Å². The fraction of sp³-hybridized carbons (Fsp3) is 0.143. The average Bonchev–Trinajstić information content (AvgIpc) is 2.32. The molecule has 1 N–H and O–H groups in total. The number of hydrogen-bond donors (Lipinski definition) is 1. The number of rotatable bonds is 2. The zero-order chi connectivity index (χ0) is 12.4. The van der Waals surface area contributed by atoms with Crippen molar-refractivity contribution in [3.63, 3.8) is 0 Å². The van der Waals surface area contributed by atoms with Crippen LogP contribution < -0.4 is 0 Å². The van der Waals surface area contributed by atoms with Crippen LogP contribution in [0, 0.1) is 12.7 Å². The summed E-state index contributed by atoms with van der Waals surface area (Å²) in [6.45, 7) is 1.92. The fourth-order valence-electron chi connectivity index (χ4n) is 1.75. The van der Waals surface area contributed by atoms with Crippen LogP contribution in [-0.2, 0) is 0 Å². The highest BCUT2D eigenvalue weighted by Crippen LogP contribution is 2.28. The molecule has 0 radical (unpaired) electrons. The lowest BCUT2D eigenvalue weighted by molar-refractivity contribution is 0.215. The van der Waals surface area contributed by atoms with Gasteiger partial charge in [-0.1, -0.05) is 53.6 Å². The summed E-state index contributed by atoms with van der Waals surface area (Å²) >= 11 is 5.69. The van der Waals surface area contributed by atoms with Gasteiger partial charge in [0, 0.05) is 5.56 Å². The van der Waals surface area contributed by atoms with Crippen molar-refractivity contribution in [1.29, 1.82) is 0 Å². The maximum Gasteiger partial charge on any atom is 0.147 e. The third-order valence-electron chi connectivity index (χ3n) is 2.63. The van der Waals surface area contributed by atoms with Gasteiger partial charge in [-0.05, 0) is 18.6 Å². The maximum absolute atomic E-state index is 13.7. The first kappa shape index (κ1) is 12.1. The quantitative estimate of drug-likeness (QED) is 0.858. The zero-order valence-corrected chi connectivity index (χ0v) is 10.1. The Morgan fingerprint density at radius 1 is 1.18 bits per heavy atom. The van der Waals surface area contributed by atoms with Gasteiger partial charge in [-0.3, -0.25) is 0 Å². The van der Waals surface area contributed by atoms with Crippen LogP contribution in [0.5, 0.6) is 0 Å². The summed E-state index contributed by atoms with van der Waals surface area (Å²) in [6, 6.07) is 12.0. The van der Waals surface area contributed by atoms with Gasteiger partial charge in [0.25, 0.3) is 0 Å². The molecule has 17 heavy (non-hydrogen) atoms. The molecule has 1 atom stereocenters. The van der Waals surface area contributed by atoms with E-state index in [9.17, 15) is 9.50 Å². The summed E-state index contributed by atoms with van der Waals surface area (Å²) in [5.41, 5.74) is 1.87. The average molecular weight is 251 g/mol. The van der Waals surface area contributed by atoms with E-state index in [1.54, 1.807) is 12.1 Å². The first-order valence-electron chi connectivity index (χ1n) is 5.28. The van der Waals surface area contributed by atoms with E-state index in [4.69, 9.17) is 11.6 Å². The first-order chi connectivity index (χ1) is 8.09. The molecule has 1 nitrogen and oxygen atoms in total. The molecule has 0 heterocycles. The van der Waals surface area contributed by atoms with E-state index in [0.29, 0.717) is 5.56 Å². The van der Waals surface area contributed by atoms with E-state index in [0.717, 1.165) is 5.56 Å². The highest BCUT2D eigenvalue weighted by atomic mass is 35.5. The highest BCUT2D eigenvalue weighted by Gasteiger charge is 2.16. The summed E-state index contributed by atoms with van der Waals surface area (Å²) in [5, 5.41) is 10.1. The second kappa shape index (κ2) is 4.86. The minimum Gasteiger partial charge on any atom is -0.384 e. The van der Waals surface area contributed by atoms with Gasteiger partial charge in [0.05, 0.1) is 5.02 Å². The zero-order valence-electron chi connectivity index (χ0n) is 9.32. The predicted molar refractivity (Wildman–Crippen MR) is 66.7 cm³/mol. The summed E-state index contributed by atoms with van der Waals surface area (Å²) < 4.78 is 13.7. The van der Waals surface area contributed by atoms with Crippen molar-refractivity contribution >= 4 is 11.6 Å². The molecule has 88 valence electrons. The third-order valence-corrected chi connectivity index (χ3v) is 2.93. The van der Waals surface area contributed by atoms with Crippen molar-refractivity contribution in [2.75, 3.05) is 0 Å². The molecule has 3 heteroatoms. The molecule has 0 saturated heterocycles. The number of halogens is 2. The number of aliphatic hydroxyl groups excluding tert-OH is 1. The third kappa shape index (κ3) is 2.48. The normalized spacial score (nSPS) is 12.5. The summed E-state index contributed by atoms with van der Waals surface area (Å²) in [4.78, 5) is 0. The molecule has 0 aromatic heterocycles. The molecule has 0 aliphatic rings. The molecule has 0 aliphatic carbocycles. The predicted octanol–water partition coefficient (Wildman–Crippen LogP) is 3.87. The molecular weight excluding hydrogens is 239 g/mol. The van der Waals surface area contributed by atoms with Crippen molar-refractivity contribution in [3.05, 3.63) is 70.0 Å². The van der Waals surface area contributed by atoms with Gasteiger partial charge in [-0.15, -0.1) is 0 Å².